The molecule has 0 spiro atoms. The van der Waals surface area contributed by atoms with E-state index in [9.17, 15) is 4.39 Å². The second-order valence-corrected chi connectivity index (χ2v) is 5.78. The van der Waals surface area contributed by atoms with Gasteiger partial charge in [-0.3, -0.25) is 4.98 Å². The van der Waals surface area contributed by atoms with E-state index in [1.54, 1.807) is 18.2 Å². The highest BCUT2D eigenvalue weighted by molar-refractivity contribution is 9.10. The van der Waals surface area contributed by atoms with E-state index in [1.807, 2.05) is 0 Å². The molecular formula is C13H10BrCl2FN2. The minimum Gasteiger partial charge on any atom is -0.322 e. The smallest absolute Gasteiger partial charge is 0.137 e. The van der Waals surface area contributed by atoms with Gasteiger partial charge >= 0.3 is 0 Å². The number of nitrogens with two attached hydrogens (primary N) is 1. The molecule has 1 aromatic carbocycles. The lowest BCUT2D eigenvalue weighted by Crippen LogP contribution is -2.15. The predicted molar refractivity (Wildman–Crippen MR) is 79.0 cm³/mol. The monoisotopic (exact) mass is 362 g/mol. The van der Waals surface area contributed by atoms with Crippen LogP contribution in [0.4, 0.5) is 4.39 Å². The molecule has 2 rings (SSSR count). The van der Waals surface area contributed by atoms with Crippen LogP contribution < -0.4 is 5.73 Å². The van der Waals surface area contributed by atoms with Crippen molar-refractivity contribution in [3.05, 3.63) is 62.1 Å². The van der Waals surface area contributed by atoms with Crippen LogP contribution in [0, 0.1) is 5.82 Å². The summed E-state index contributed by atoms with van der Waals surface area (Å²) in [6.45, 7) is 0. The van der Waals surface area contributed by atoms with Crippen molar-refractivity contribution >= 4 is 39.1 Å². The predicted octanol–water partition coefficient (Wildman–Crippen LogP) is 4.53. The number of hydrogen-bond acceptors (Lipinski definition) is 2. The molecule has 2 nitrogen and oxygen atoms in total. The summed E-state index contributed by atoms with van der Waals surface area (Å²) in [4.78, 5) is 4.14. The molecule has 0 fully saturated rings. The minimum atomic E-state index is -0.373. The van der Waals surface area contributed by atoms with Crippen LogP contribution in [-0.2, 0) is 6.42 Å². The van der Waals surface area contributed by atoms with Crippen molar-refractivity contribution < 1.29 is 4.39 Å². The summed E-state index contributed by atoms with van der Waals surface area (Å²) in [6, 6.07) is 6.00. The van der Waals surface area contributed by atoms with Crippen molar-refractivity contribution in [1.29, 1.82) is 0 Å². The van der Waals surface area contributed by atoms with E-state index in [2.05, 4.69) is 20.9 Å². The van der Waals surface area contributed by atoms with Gasteiger partial charge in [0.1, 0.15) is 5.82 Å². The molecule has 1 atom stereocenters. The number of aromatic nitrogens is 1. The summed E-state index contributed by atoms with van der Waals surface area (Å²) in [7, 11) is 0. The average molecular weight is 364 g/mol. The van der Waals surface area contributed by atoms with Gasteiger partial charge in [-0.2, -0.15) is 0 Å². The summed E-state index contributed by atoms with van der Waals surface area (Å²) < 4.78 is 13.6. The number of nitrogens with zero attached hydrogens (tertiary/aromatic N) is 1. The molecule has 0 bridgehead atoms. The van der Waals surface area contributed by atoms with Crippen molar-refractivity contribution in [3.63, 3.8) is 0 Å². The molecule has 1 heterocycles. The average Bonchev–Trinajstić information content (AvgIpc) is 2.33. The fourth-order valence-corrected chi connectivity index (χ4v) is 2.66. The van der Waals surface area contributed by atoms with Crippen molar-refractivity contribution in [2.45, 2.75) is 12.5 Å². The number of benzene rings is 1. The second kappa shape index (κ2) is 6.18. The normalized spacial score (nSPS) is 12.5. The van der Waals surface area contributed by atoms with Gasteiger partial charge in [-0.15, -0.1) is 0 Å². The molecule has 1 aromatic heterocycles. The molecule has 100 valence electrons. The number of halogens is 4. The molecule has 0 amide bonds. The van der Waals surface area contributed by atoms with Crippen LogP contribution in [0.25, 0.3) is 0 Å². The van der Waals surface area contributed by atoms with Gasteiger partial charge in [0.15, 0.2) is 0 Å². The van der Waals surface area contributed by atoms with E-state index >= 15 is 0 Å². The lowest BCUT2D eigenvalue weighted by Gasteiger charge is -2.13. The molecular weight excluding hydrogens is 354 g/mol. The summed E-state index contributed by atoms with van der Waals surface area (Å²) in [5.74, 6) is -0.306. The molecule has 2 N–H and O–H groups in total. The zero-order valence-electron chi connectivity index (χ0n) is 9.71. The maximum atomic E-state index is 13.1. The Hall–Kier alpha value is -0.680. The van der Waals surface area contributed by atoms with Crippen molar-refractivity contribution in [2.24, 2.45) is 5.73 Å². The third kappa shape index (κ3) is 3.66. The maximum Gasteiger partial charge on any atom is 0.137 e. The highest BCUT2D eigenvalue weighted by atomic mass is 79.9. The lowest BCUT2D eigenvalue weighted by molar-refractivity contribution is 0.618. The molecule has 6 heteroatoms. The second-order valence-electron chi connectivity index (χ2n) is 4.08. The zero-order chi connectivity index (χ0) is 14.0. The fraction of sp³-hybridized carbons (Fsp3) is 0.154. The van der Waals surface area contributed by atoms with Gasteiger partial charge in [-0.1, -0.05) is 29.3 Å². The Morgan fingerprint density at radius 2 is 2.05 bits per heavy atom. The Balaban J connectivity index is 2.20. The van der Waals surface area contributed by atoms with Crippen molar-refractivity contribution in [3.8, 4) is 0 Å². The standard InChI is InChI=1S/C13H10BrCl2FN2/c14-9-3-7(1-2-11(9)17)4-12(18)13-10(16)5-8(15)6-19-13/h1-3,5-6,12H,4,18H2. The quantitative estimate of drug-likeness (QED) is 0.869. The van der Waals surface area contributed by atoms with Gasteiger partial charge in [0, 0.05) is 6.20 Å². The van der Waals surface area contributed by atoms with E-state index in [-0.39, 0.29) is 11.9 Å². The topological polar surface area (TPSA) is 38.9 Å². The van der Waals surface area contributed by atoms with Crippen LogP contribution in [0.15, 0.2) is 34.9 Å². The third-order valence-corrected chi connectivity index (χ3v) is 3.74. The van der Waals surface area contributed by atoms with Gasteiger partial charge in [0.05, 0.1) is 26.3 Å². The number of pyridine rings is 1. The Morgan fingerprint density at radius 3 is 2.68 bits per heavy atom. The zero-order valence-corrected chi connectivity index (χ0v) is 12.8. The summed E-state index contributed by atoms with van der Waals surface area (Å²) >= 11 is 15.0. The Kier molecular flexibility index (Phi) is 4.79. The van der Waals surface area contributed by atoms with E-state index < -0.39 is 0 Å². The van der Waals surface area contributed by atoms with Crippen LogP contribution in [0.2, 0.25) is 10.0 Å². The fourth-order valence-electron chi connectivity index (χ4n) is 1.72. The lowest BCUT2D eigenvalue weighted by atomic mass is 10.0. The molecule has 0 aliphatic heterocycles. The largest absolute Gasteiger partial charge is 0.322 e. The minimum absolute atomic E-state index is 0.306. The number of hydrogen-bond donors (Lipinski definition) is 1. The van der Waals surface area contributed by atoms with Gasteiger partial charge in [0.2, 0.25) is 0 Å². The molecule has 19 heavy (non-hydrogen) atoms. The van der Waals surface area contributed by atoms with Crippen molar-refractivity contribution in [2.75, 3.05) is 0 Å². The number of rotatable bonds is 3. The SMILES string of the molecule is NC(Cc1ccc(F)c(Br)c1)c1ncc(Cl)cc1Cl. The van der Waals surface area contributed by atoms with Crippen LogP contribution >= 0.6 is 39.1 Å². The van der Waals surface area contributed by atoms with Gasteiger partial charge in [-0.25, -0.2) is 4.39 Å². The molecule has 1 unspecified atom stereocenters. The first-order valence-electron chi connectivity index (χ1n) is 5.48. The molecule has 2 aromatic rings. The Morgan fingerprint density at radius 1 is 1.32 bits per heavy atom. The van der Waals surface area contributed by atoms with Gasteiger partial charge in [-0.05, 0) is 46.1 Å². The van der Waals surface area contributed by atoms with E-state index in [1.165, 1.54) is 12.3 Å². The maximum absolute atomic E-state index is 13.1. The molecule has 0 saturated carbocycles. The third-order valence-electron chi connectivity index (χ3n) is 2.63. The molecule has 0 aliphatic carbocycles. The summed E-state index contributed by atoms with van der Waals surface area (Å²) in [5.41, 5.74) is 7.54. The first-order valence-corrected chi connectivity index (χ1v) is 7.02. The Bertz CT molecular complexity index is 607. The highest BCUT2D eigenvalue weighted by Crippen LogP contribution is 2.26. The molecule has 0 aliphatic rings. The van der Waals surface area contributed by atoms with E-state index in [4.69, 9.17) is 28.9 Å². The van der Waals surface area contributed by atoms with E-state index in [0.717, 1.165) is 5.56 Å². The first-order chi connectivity index (χ1) is 8.97. The van der Waals surface area contributed by atoms with Gasteiger partial charge in [0.25, 0.3) is 0 Å². The van der Waals surface area contributed by atoms with E-state index in [0.29, 0.717) is 26.6 Å². The van der Waals surface area contributed by atoms with Crippen molar-refractivity contribution in [1.82, 2.24) is 4.98 Å². The highest BCUT2D eigenvalue weighted by Gasteiger charge is 2.14. The molecule has 0 radical (unpaired) electrons. The van der Waals surface area contributed by atoms with Gasteiger partial charge < -0.3 is 5.73 Å². The van der Waals surface area contributed by atoms with Crippen LogP contribution in [0.1, 0.15) is 17.3 Å². The van der Waals surface area contributed by atoms with Crippen LogP contribution in [0.3, 0.4) is 0 Å². The Labute approximate surface area is 128 Å². The molecule has 0 saturated heterocycles. The van der Waals surface area contributed by atoms with Crippen LogP contribution in [-0.4, -0.2) is 4.98 Å². The summed E-state index contributed by atoms with van der Waals surface area (Å²) in [6.07, 6.45) is 2.01. The van der Waals surface area contributed by atoms with Crippen LogP contribution in [0.5, 0.6) is 0 Å². The first kappa shape index (κ1) is 14.7. The summed E-state index contributed by atoms with van der Waals surface area (Å²) in [5, 5.41) is 0.895.